The van der Waals surface area contributed by atoms with E-state index < -0.39 is 19.1 Å². The molecule has 2 heterocycles. The number of anilines is 1. The van der Waals surface area contributed by atoms with Crippen LogP contribution in [0.25, 0.3) is 11.1 Å². The summed E-state index contributed by atoms with van der Waals surface area (Å²) in [4.78, 5) is 4.25. The van der Waals surface area contributed by atoms with Crippen LogP contribution < -0.4 is 10.5 Å². The standard InChI is InChI=1S/C23H21F3N4O3S/c1-2-7-23(26,13-32-22(24)25)33-16-5-3-15(4-6-16)19-17(8-27)20(29)30-21(18(19)9-28)34-12-14-10-31-11-14/h2-7,14,22H,10-13H2,1H3,(H2,29,30)/b7-2+. The third kappa shape index (κ3) is 6.00. The highest BCUT2D eigenvalue weighted by molar-refractivity contribution is 7.99. The molecule has 0 bridgehead atoms. The van der Waals surface area contributed by atoms with E-state index in [1.165, 1.54) is 49.0 Å². The van der Waals surface area contributed by atoms with E-state index in [1.54, 1.807) is 0 Å². The summed E-state index contributed by atoms with van der Waals surface area (Å²) in [5.41, 5.74) is 7.02. The Morgan fingerprint density at radius 1 is 1.26 bits per heavy atom. The molecule has 1 atom stereocenters. The summed E-state index contributed by atoms with van der Waals surface area (Å²) in [6, 6.07) is 9.93. The predicted molar refractivity (Wildman–Crippen MR) is 120 cm³/mol. The SMILES string of the molecule is C/C=C/C(F)(COC(F)F)Oc1ccc(-c2c(C#N)c(N)nc(SCC3COC3)c2C#N)cc1. The fourth-order valence-corrected chi connectivity index (χ4v) is 4.23. The number of benzene rings is 1. The lowest BCUT2D eigenvalue weighted by Crippen LogP contribution is -2.34. The lowest BCUT2D eigenvalue weighted by molar-refractivity contribution is -0.182. The molecule has 1 saturated heterocycles. The number of hydrogen-bond donors (Lipinski definition) is 1. The Balaban J connectivity index is 1.92. The summed E-state index contributed by atoms with van der Waals surface area (Å²) >= 11 is 1.36. The van der Waals surface area contributed by atoms with Crippen LogP contribution in [0.3, 0.4) is 0 Å². The van der Waals surface area contributed by atoms with Crippen LogP contribution in [0, 0.1) is 28.6 Å². The number of pyridine rings is 1. The predicted octanol–water partition coefficient (Wildman–Crippen LogP) is 4.67. The van der Waals surface area contributed by atoms with Crippen molar-refractivity contribution in [2.24, 2.45) is 5.92 Å². The zero-order valence-corrected chi connectivity index (χ0v) is 18.9. The maximum Gasteiger partial charge on any atom is 0.345 e. The number of ether oxygens (including phenoxy) is 3. The molecule has 1 fully saturated rings. The summed E-state index contributed by atoms with van der Waals surface area (Å²) in [7, 11) is 0. The third-order valence-corrected chi connectivity index (χ3v) is 6.04. The van der Waals surface area contributed by atoms with Crippen molar-refractivity contribution in [3.05, 3.63) is 47.5 Å². The summed E-state index contributed by atoms with van der Waals surface area (Å²) in [6.07, 6.45) is 2.28. The minimum atomic E-state index is -3.15. The van der Waals surface area contributed by atoms with E-state index in [9.17, 15) is 23.7 Å². The van der Waals surface area contributed by atoms with Crippen molar-refractivity contribution >= 4 is 17.6 Å². The van der Waals surface area contributed by atoms with E-state index in [4.69, 9.17) is 15.2 Å². The van der Waals surface area contributed by atoms with Crippen molar-refractivity contribution in [2.45, 2.75) is 24.4 Å². The Morgan fingerprint density at radius 2 is 1.94 bits per heavy atom. The van der Waals surface area contributed by atoms with Gasteiger partial charge in [-0.2, -0.15) is 23.7 Å². The minimum absolute atomic E-state index is 0.0100. The van der Waals surface area contributed by atoms with E-state index >= 15 is 0 Å². The molecule has 1 unspecified atom stereocenters. The van der Waals surface area contributed by atoms with E-state index in [2.05, 4.69) is 15.8 Å². The fraction of sp³-hybridized carbons (Fsp3) is 0.348. The van der Waals surface area contributed by atoms with Crippen molar-refractivity contribution in [2.75, 3.05) is 31.3 Å². The quantitative estimate of drug-likeness (QED) is 0.377. The van der Waals surface area contributed by atoms with Crippen LogP contribution >= 0.6 is 11.8 Å². The molecule has 11 heteroatoms. The molecule has 0 aliphatic carbocycles. The Bertz CT molecular complexity index is 1130. The van der Waals surface area contributed by atoms with E-state index in [-0.39, 0.29) is 22.7 Å². The number of alkyl halides is 3. The van der Waals surface area contributed by atoms with Gasteiger partial charge < -0.3 is 19.9 Å². The monoisotopic (exact) mass is 490 g/mol. The van der Waals surface area contributed by atoms with Gasteiger partial charge in [-0.15, -0.1) is 11.8 Å². The summed E-state index contributed by atoms with van der Waals surface area (Å²) in [5, 5.41) is 19.9. The Labute approximate surface area is 198 Å². The highest BCUT2D eigenvalue weighted by Crippen LogP contribution is 2.37. The van der Waals surface area contributed by atoms with Crippen molar-refractivity contribution in [3.63, 3.8) is 0 Å². The molecule has 34 heavy (non-hydrogen) atoms. The van der Waals surface area contributed by atoms with Gasteiger partial charge in [0.1, 0.15) is 40.9 Å². The van der Waals surface area contributed by atoms with Gasteiger partial charge in [0, 0.05) is 17.2 Å². The number of nitrogens with zero attached hydrogens (tertiary/aromatic N) is 3. The van der Waals surface area contributed by atoms with E-state index in [0.717, 1.165) is 6.08 Å². The van der Waals surface area contributed by atoms with Crippen molar-refractivity contribution in [1.82, 2.24) is 4.98 Å². The number of thioether (sulfide) groups is 1. The maximum atomic E-state index is 14.9. The van der Waals surface area contributed by atoms with Crippen molar-refractivity contribution < 1.29 is 27.4 Å². The fourth-order valence-electron chi connectivity index (χ4n) is 3.19. The Hall–Kier alpha value is -3.25. The molecule has 1 aliphatic heterocycles. The zero-order chi connectivity index (χ0) is 24.7. The molecular formula is C23H21F3N4O3S. The van der Waals surface area contributed by atoms with Gasteiger partial charge in [-0.05, 0) is 30.7 Å². The number of halogens is 3. The number of nitrogen functional groups attached to an aromatic ring is 1. The lowest BCUT2D eigenvalue weighted by Gasteiger charge is -2.25. The second-order valence-corrected chi connectivity index (χ2v) is 8.36. The van der Waals surface area contributed by atoms with Gasteiger partial charge in [-0.1, -0.05) is 18.2 Å². The maximum absolute atomic E-state index is 14.9. The molecule has 0 radical (unpaired) electrons. The first-order valence-corrected chi connectivity index (χ1v) is 11.1. The van der Waals surface area contributed by atoms with E-state index in [1.807, 2.05) is 6.07 Å². The molecule has 0 amide bonds. The van der Waals surface area contributed by atoms with Crippen LogP contribution in [0.15, 0.2) is 41.4 Å². The van der Waals surface area contributed by atoms with Crippen LogP contribution in [-0.2, 0) is 9.47 Å². The van der Waals surface area contributed by atoms with Gasteiger partial charge in [-0.3, -0.25) is 0 Å². The van der Waals surface area contributed by atoms with Crippen LogP contribution in [0.2, 0.25) is 0 Å². The van der Waals surface area contributed by atoms with Crippen molar-refractivity contribution in [1.29, 1.82) is 10.5 Å². The second-order valence-electron chi connectivity index (χ2n) is 7.35. The molecule has 0 saturated carbocycles. The van der Waals surface area contributed by atoms with Crippen LogP contribution in [0.5, 0.6) is 5.75 Å². The second kappa shape index (κ2) is 11.3. The highest BCUT2D eigenvalue weighted by atomic mass is 32.2. The topological polar surface area (TPSA) is 114 Å². The summed E-state index contributed by atoms with van der Waals surface area (Å²) in [5.74, 6) is -1.56. The number of rotatable bonds is 10. The first-order valence-electron chi connectivity index (χ1n) is 10.2. The van der Waals surface area contributed by atoms with Gasteiger partial charge in [0.15, 0.2) is 0 Å². The molecule has 0 spiro atoms. The minimum Gasteiger partial charge on any atom is -0.452 e. The lowest BCUT2D eigenvalue weighted by atomic mass is 9.97. The number of nitrogens with two attached hydrogens (primary N) is 1. The molecule has 1 aromatic carbocycles. The van der Waals surface area contributed by atoms with Gasteiger partial charge in [0.25, 0.3) is 5.85 Å². The Kier molecular flexibility index (Phi) is 8.40. The summed E-state index contributed by atoms with van der Waals surface area (Å²) < 4.78 is 54.1. The number of allylic oxidation sites excluding steroid dienone is 1. The molecular weight excluding hydrogens is 469 g/mol. The molecule has 3 rings (SSSR count). The van der Waals surface area contributed by atoms with Crippen LogP contribution in [-0.4, -0.2) is 43.0 Å². The largest absolute Gasteiger partial charge is 0.452 e. The zero-order valence-electron chi connectivity index (χ0n) is 18.1. The van der Waals surface area contributed by atoms with Crippen molar-refractivity contribution in [3.8, 4) is 29.0 Å². The first kappa shape index (κ1) is 25.4. The third-order valence-electron chi connectivity index (χ3n) is 4.83. The number of nitriles is 2. The number of aromatic nitrogens is 1. The average Bonchev–Trinajstić information content (AvgIpc) is 2.77. The van der Waals surface area contributed by atoms with Gasteiger partial charge in [0.2, 0.25) is 0 Å². The molecule has 7 nitrogen and oxygen atoms in total. The summed E-state index contributed by atoms with van der Waals surface area (Å²) in [6.45, 7) is -1.37. The van der Waals surface area contributed by atoms with Gasteiger partial charge >= 0.3 is 6.61 Å². The van der Waals surface area contributed by atoms with Gasteiger partial charge in [-0.25, -0.2) is 4.98 Å². The van der Waals surface area contributed by atoms with E-state index in [0.29, 0.717) is 41.0 Å². The van der Waals surface area contributed by atoms with Gasteiger partial charge in [0.05, 0.1) is 18.8 Å². The molecule has 178 valence electrons. The normalized spacial score (nSPS) is 15.5. The smallest absolute Gasteiger partial charge is 0.345 e. The van der Waals surface area contributed by atoms with Crippen LogP contribution in [0.1, 0.15) is 18.1 Å². The van der Waals surface area contributed by atoms with Crippen LogP contribution in [0.4, 0.5) is 19.0 Å². The molecule has 1 aromatic heterocycles. The number of hydrogen-bond acceptors (Lipinski definition) is 8. The highest BCUT2D eigenvalue weighted by Gasteiger charge is 2.31. The molecule has 2 aromatic rings. The Morgan fingerprint density at radius 3 is 2.47 bits per heavy atom. The average molecular weight is 491 g/mol. The molecule has 2 N–H and O–H groups in total. The first-order chi connectivity index (χ1) is 16.3. The molecule has 1 aliphatic rings.